The molecule has 0 aliphatic rings. The number of hydrogen-bond acceptors (Lipinski definition) is 3. The first-order valence-electron chi connectivity index (χ1n) is 6.10. The molecule has 0 spiro atoms. The van der Waals surface area contributed by atoms with Gasteiger partial charge in [-0.05, 0) is 36.4 Å². The van der Waals surface area contributed by atoms with Crippen molar-refractivity contribution in [1.29, 1.82) is 0 Å². The van der Waals surface area contributed by atoms with Gasteiger partial charge in [-0.15, -0.1) is 0 Å². The second-order valence-corrected chi connectivity index (χ2v) is 4.98. The van der Waals surface area contributed by atoms with Gasteiger partial charge >= 0.3 is 0 Å². The lowest BCUT2D eigenvalue weighted by molar-refractivity contribution is -0.118. The van der Waals surface area contributed by atoms with Crippen LogP contribution in [-0.4, -0.2) is 19.6 Å². The lowest BCUT2D eigenvalue weighted by Gasteiger charge is -2.09. The molecule has 0 bridgehead atoms. The van der Waals surface area contributed by atoms with Gasteiger partial charge in [-0.2, -0.15) is 0 Å². The highest BCUT2D eigenvalue weighted by atomic mass is 35.5. The molecule has 0 fully saturated rings. The molecule has 1 N–H and O–H groups in total. The number of rotatable bonds is 5. The van der Waals surface area contributed by atoms with Crippen LogP contribution in [0.5, 0.6) is 11.5 Å². The summed E-state index contributed by atoms with van der Waals surface area (Å²) >= 11 is 11.8. The number of carbonyl (C=O) groups excluding carboxylic acids is 1. The van der Waals surface area contributed by atoms with Gasteiger partial charge in [0.2, 0.25) is 0 Å². The summed E-state index contributed by atoms with van der Waals surface area (Å²) in [5.41, 5.74) is 0.654. The van der Waals surface area contributed by atoms with E-state index >= 15 is 0 Å². The van der Waals surface area contributed by atoms with Gasteiger partial charge in [0.05, 0.1) is 12.1 Å². The summed E-state index contributed by atoms with van der Waals surface area (Å²) in [7, 11) is 1.58. The molecule has 21 heavy (non-hydrogen) atoms. The lowest BCUT2D eigenvalue weighted by atomic mass is 10.3. The van der Waals surface area contributed by atoms with E-state index in [2.05, 4.69) is 5.32 Å². The molecule has 0 atom stereocenters. The Hall–Kier alpha value is -1.91. The molecule has 0 saturated heterocycles. The predicted molar refractivity (Wildman–Crippen MR) is 83.6 cm³/mol. The number of benzene rings is 2. The zero-order valence-electron chi connectivity index (χ0n) is 11.2. The molecule has 110 valence electrons. The molecule has 0 unspecified atom stereocenters. The molecule has 0 aliphatic heterocycles. The number of amides is 1. The number of halogens is 2. The van der Waals surface area contributed by atoms with Crippen LogP contribution in [0, 0.1) is 0 Å². The van der Waals surface area contributed by atoms with Crippen LogP contribution >= 0.6 is 23.2 Å². The summed E-state index contributed by atoms with van der Waals surface area (Å²) in [6, 6.07) is 11.8. The molecule has 6 heteroatoms. The molecular formula is C15H13Cl2NO3. The number of methoxy groups -OCH3 is 1. The summed E-state index contributed by atoms with van der Waals surface area (Å²) < 4.78 is 10.4. The topological polar surface area (TPSA) is 47.6 Å². The Kier molecular flexibility index (Phi) is 5.31. The fourth-order valence-corrected chi connectivity index (χ4v) is 1.94. The van der Waals surface area contributed by atoms with Crippen molar-refractivity contribution in [2.45, 2.75) is 0 Å². The van der Waals surface area contributed by atoms with Gasteiger partial charge in [-0.3, -0.25) is 4.79 Å². The standard InChI is InChI=1S/C15H13Cl2NO3/c1-20-12-5-3-11(4-6-12)18-15(19)9-21-14-8-10(16)2-7-13(14)17/h2-8H,9H2,1H3,(H,18,19). The van der Waals surface area contributed by atoms with Crippen LogP contribution in [0.15, 0.2) is 42.5 Å². The average Bonchev–Trinajstić information content (AvgIpc) is 2.49. The van der Waals surface area contributed by atoms with Crippen molar-refractivity contribution < 1.29 is 14.3 Å². The largest absolute Gasteiger partial charge is 0.497 e. The second kappa shape index (κ2) is 7.20. The molecule has 0 heterocycles. The first-order valence-corrected chi connectivity index (χ1v) is 6.86. The number of nitrogens with one attached hydrogen (secondary N) is 1. The molecule has 0 saturated carbocycles. The van der Waals surface area contributed by atoms with Gasteiger partial charge in [0.1, 0.15) is 11.5 Å². The Labute approximate surface area is 132 Å². The minimum Gasteiger partial charge on any atom is -0.497 e. The van der Waals surface area contributed by atoms with E-state index in [0.29, 0.717) is 21.5 Å². The summed E-state index contributed by atoms with van der Waals surface area (Å²) in [5.74, 6) is 0.792. The van der Waals surface area contributed by atoms with Gasteiger partial charge in [0.15, 0.2) is 6.61 Å². The van der Waals surface area contributed by atoms with Gasteiger partial charge in [0, 0.05) is 16.8 Å². The lowest BCUT2D eigenvalue weighted by Crippen LogP contribution is -2.20. The van der Waals surface area contributed by atoms with Crippen LogP contribution in [-0.2, 0) is 4.79 Å². The molecule has 0 radical (unpaired) electrons. The van der Waals surface area contributed by atoms with Crippen LogP contribution in [0.25, 0.3) is 0 Å². The van der Waals surface area contributed by atoms with Crippen LogP contribution in [0.3, 0.4) is 0 Å². The van der Waals surface area contributed by atoms with Crippen LogP contribution < -0.4 is 14.8 Å². The van der Waals surface area contributed by atoms with Crippen molar-refractivity contribution in [2.24, 2.45) is 0 Å². The monoisotopic (exact) mass is 325 g/mol. The Morgan fingerprint density at radius 3 is 2.52 bits per heavy atom. The highest BCUT2D eigenvalue weighted by molar-refractivity contribution is 6.34. The summed E-state index contributed by atoms with van der Waals surface area (Å²) in [6.07, 6.45) is 0. The van der Waals surface area contributed by atoms with Crippen LogP contribution in [0.4, 0.5) is 5.69 Å². The molecule has 2 rings (SSSR count). The number of hydrogen-bond donors (Lipinski definition) is 1. The number of ether oxygens (including phenoxy) is 2. The molecule has 0 aromatic heterocycles. The van der Waals surface area contributed by atoms with E-state index in [1.807, 2.05) is 0 Å². The Balaban J connectivity index is 1.91. The van der Waals surface area contributed by atoms with E-state index in [1.165, 1.54) is 0 Å². The maximum atomic E-state index is 11.8. The van der Waals surface area contributed by atoms with Crippen LogP contribution in [0.1, 0.15) is 0 Å². The fraction of sp³-hybridized carbons (Fsp3) is 0.133. The number of anilines is 1. The third-order valence-corrected chi connectivity index (χ3v) is 3.17. The Morgan fingerprint density at radius 2 is 1.86 bits per heavy atom. The maximum Gasteiger partial charge on any atom is 0.262 e. The minimum atomic E-state index is -0.295. The molecule has 2 aromatic carbocycles. The van der Waals surface area contributed by atoms with Gasteiger partial charge < -0.3 is 14.8 Å². The fourth-order valence-electron chi connectivity index (χ4n) is 1.60. The number of carbonyl (C=O) groups is 1. The molecule has 4 nitrogen and oxygen atoms in total. The van der Waals surface area contributed by atoms with Gasteiger partial charge in [-0.1, -0.05) is 23.2 Å². The molecule has 0 aliphatic carbocycles. The van der Waals surface area contributed by atoms with Crippen molar-refractivity contribution >= 4 is 34.8 Å². The first kappa shape index (κ1) is 15.5. The van der Waals surface area contributed by atoms with E-state index in [1.54, 1.807) is 49.6 Å². The zero-order chi connectivity index (χ0) is 15.2. The average molecular weight is 326 g/mol. The summed E-state index contributed by atoms with van der Waals surface area (Å²) in [4.78, 5) is 11.8. The predicted octanol–water partition coefficient (Wildman–Crippen LogP) is 4.02. The van der Waals surface area contributed by atoms with E-state index in [-0.39, 0.29) is 12.5 Å². The van der Waals surface area contributed by atoms with Crippen molar-refractivity contribution in [3.63, 3.8) is 0 Å². The highest BCUT2D eigenvalue weighted by Crippen LogP contribution is 2.27. The van der Waals surface area contributed by atoms with E-state index < -0.39 is 0 Å². The Morgan fingerprint density at radius 1 is 1.14 bits per heavy atom. The summed E-state index contributed by atoms with van der Waals surface area (Å²) in [5, 5.41) is 3.59. The van der Waals surface area contributed by atoms with Crippen molar-refractivity contribution in [1.82, 2.24) is 0 Å². The maximum absolute atomic E-state index is 11.8. The van der Waals surface area contributed by atoms with Crippen molar-refractivity contribution in [3.8, 4) is 11.5 Å². The van der Waals surface area contributed by atoms with Crippen LogP contribution in [0.2, 0.25) is 10.0 Å². The van der Waals surface area contributed by atoms with Gasteiger partial charge in [0.25, 0.3) is 5.91 Å². The molecule has 2 aromatic rings. The smallest absolute Gasteiger partial charge is 0.262 e. The second-order valence-electron chi connectivity index (χ2n) is 4.14. The summed E-state index contributed by atoms with van der Waals surface area (Å²) in [6.45, 7) is -0.161. The van der Waals surface area contributed by atoms with Crippen molar-refractivity contribution in [3.05, 3.63) is 52.5 Å². The first-order chi connectivity index (χ1) is 10.1. The van der Waals surface area contributed by atoms with Gasteiger partial charge in [-0.25, -0.2) is 0 Å². The third kappa shape index (κ3) is 4.55. The van der Waals surface area contributed by atoms with E-state index in [4.69, 9.17) is 32.7 Å². The third-order valence-electron chi connectivity index (χ3n) is 2.63. The highest BCUT2D eigenvalue weighted by Gasteiger charge is 2.07. The Bertz CT molecular complexity index is 629. The minimum absolute atomic E-state index is 0.161. The molecular weight excluding hydrogens is 313 g/mol. The normalized spacial score (nSPS) is 10.0. The molecule has 1 amide bonds. The van der Waals surface area contributed by atoms with E-state index in [9.17, 15) is 4.79 Å². The zero-order valence-corrected chi connectivity index (χ0v) is 12.7. The SMILES string of the molecule is COc1ccc(NC(=O)COc2cc(Cl)ccc2Cl)cc1. The van der Waals surface area contributed by atoms with Crippen molar-refractivity contribution in [2.75, 3.05) is 19.0 Å². The quantitative estimate of drug-likeness (QED) is 0.903. The van der Waals surface area contributed by atoms with E-state index in [0.717, 1.165) is 5.75 Å².